The lowest BCUT2D eigenvalue weighted by Crippen LogP contribution is -2.33. The van der Waals surface area contributed by atoms with Crippen LogP contribution in [0.1, 0.15) is 6.42 Å². The normalized spacial score (nSPS) is 18.1. The number of amides is 2. The number of halogens is 3. The number of hydrogen-bond acceptors (Lipinski definition) is 2. The minimum absolute atomic E-state index is 0.129. The lowest BCUT2D eigenvalue weighted by molar-refractivity contribution is -0.141. The summed E-state index contributed by atoms with van der Waals surface area (Å²) < 4.78 is 13.6. The van der Waals surface area contributed by atoms with Gasteiger partial charge in [0, 0.05) is 18.8 Å². The number of urea groups is 1. The maximum Gasteiger partial charge on any atom is 0.321 e. The van der Waals surface area contributed by atoms with Gasteiger partial charge >= 0.3 is 12.0 Å². The highest BCUT2D eigenvalue weighted by Crippen LogP contribution is 2.29. The number of carboxylic acids is 1. The largest absolute Gasteiger partial charge is 0.481 e. The van der Waals surface area contributed by atoms with Crippen molar-refractivity contribution in [3.05, 3.63) is 27.4 Å². The van der Waals surface area contributed by atoms with Crippen LogP contribution in [-0.4, -0.2) is 35.1 Å². The third kappa shape index (κ3) is 3.21. The van der Waals surface area contributed by atoms with E-state index < -0.39 is 23.7 Å². The minimum atomic E-state index is -0.918. The number of carbonyl (C=O) groups excluding carboxylic acids is 1. The van der Waals surface area contributed by atoms with E-state index in [-0.39, 0.29) is 21.7 Å². The fraction of sp³-hybridized carbons (Fsp3) is 0.333. The molecule has 2 N–H and O–H groups in total. The summed E-state index contributed by atoms with van der Waals surface area (Å²) in [5.74, 6) is -2.05. The molecule has 0 spiro atoms. The zero-order chi connectivity index (χ0) is 14.9. The number of benzene rings is 1. The van der Waals surface area contributed by atoms with Crippen LogP contribution in [0.4, 0.5) is 14.9 Å². The molecule has 1 unspecified atom stereocenters. The number of aliphatic carboxylic acids is 1. The van der Waals surface area contributed by atoms with E-state index in [1.54, 1.807) is 0 Å². The lowest BCUT2D eigenvalue weighted by atomic mass is 10.1. The van der Waals surface area contributed by atoms with Gasteiger partial charge in [-0.15, -0.1) is 0 Å². The number of likely N-dealkylation sites (tertiary alicyclic amines) is 1. The first-order valence-corrected chi connectivity index (χ1v) is 6.99. The molecule has 108 valence electrons. The van der Waals surface area contributed by atoms with Crippen LogP contribution in [-0.2, 0) is 4.79 Å². The molecular weight excluding hydrogens is 354 g/mol. The Kier molecular flexibility index (Phi) is 4.49. The molecule has 2 rings (SSSR count). The Morgan fingerprint density at radius 2 is 2.20 bits per heavy atom. The zero-order valence-corrected chi connectivity index (χ0v) is 12.5. The topological polar surface area (TPSA) is 69.6 Å². The number of rotatable bonds is 2. The highest BCUT2D eigenvalue weighted by molar-refractivity contribution is 9.10. The molecule has 0 bridgehead atoms. The third-order valence-electron chi connectivity index (χ3n) is 3.06. The average molecular weight is 366 g/mol. The van der Waals surface area contributed by atoms with Crippen LogP contribution in [0.3, 0.4) is 0 Å². The van der Waals surface area contributed by atoms with Crippen LogP contribution in [0.5, 0.6) is 0 Å². The summed E-state index contributed by atoms with van der Waals surface area (Å²) in [5.41, 5.74) is 0.222. The molecule has 20 heavy (non-hydrogen) atoms. The van der Waals surface area contributed by atoms with E-state index in [0.29, 0.717) is 13.0 Å². The number of hydrogen-bond donors (Lipinski definition) is 2. The summed E-state index contributed by atoms with van der Waals surface area (Å²) in [7, 11) is 0. The molecule has 0 aromatic heterocycles. The predicted octanol–water partition coefficient (Wildman–Crippen LogP) is 3.18. The Hall–Kier alpha value is -1.34. The number of carboxylic acid groups (broad SMARTS) is 1. The lowest BCUT2D eigenvalue weighted by Gasteiger charge is -2.17. The van der Waals surface area contributed by atoms with E-state index in [2.05, 4.69) is 21.2 Å². The standard InChI is InChI=1S/C12H11BrClFN2O3/c13-10-8(14)3-7(4-9(10)15)16-12(20)17-2-1-6(5-17)11(18)19/h3-4,6H,1-2,5H2,(H,16,20)(H,18,19). The van der Waals surface area contributed by atoms with Gasteiger partial charge in [0.05, 0.1) is 15.4 Å². The molecule has 0 saturated carbocycles. The molecule has 8 heteroatoms. The number of nitrogens with one attached hydrogen (secondary N) is 1. The maximum atomic E-state index is 13.5. The van der Waals surface area contributed by atoms with E-state index in [0.717, 1.165) is 6.07 Å². The summed E-state index contributed by atoms with van der Waals surface area (Å²) >= 11 is 8.77. The molecule has 2 amide bonds. The summed E-state index contributed by atoms with van der Waals surface area (Å²) in [6.07, 6.45) is 0.415. The molecular formula is C12H11BrClFN2O3. The molecule has 0 aliphatic carbocycles. The molecule has 1 fully saturated rings. The van der Waals surface area contributed by atoms with Gasteiger partial charge in [-0.3, -0.25) is 4.79 Å². The summed E-state index contributed by atoms with van der Waals surface area (Å²) in [4.78, 5) is 24.1. The van der Waals surface area contributed by atoms with Crippen molar-refractivity contribution in [2.75, 3.05) is 18.4 Å². The number of anilines is 1. The van der Waals surface area contributed by atoms with Gasteiger partial charge < -0.3 is 15.3 Å². The van der Waals surface area contributed by atoms with Crippen molar-refractivity contribution in [3.8, 4) is 0 Å². The van der Waals surface area contributed by atoms with Gasteiger partial charge in [0.1, 0.15) is 5.82 Å². The first-order valence-electron chi connectivity index (χ1n) is 5.81. The SMILES string of the molecule is O=C(O)C1CCN(C(=O)Nc2cc(F)c(Br)c(Cl)c2)C1. The molecule has 0 radical (unpaired) electrons. The van der Waals surface area contributed by atoms with Gasteiger partial charge in [-0.2, -0.15) is 0 Å². The van der Waals surface area contributed by atoms with Gasteiger partial charge in [-0.05, 0) is 34.5 Å². The minimum Gasteiger partial charge on any atom is -0.481 e. The summed E-state index contributed by atoms with van der Waals surface area (Å²) in [5, 5.41) is 11.5. The Morgan fingerprint density at radius 1 is 1.50 bits per heavy atom. The van der Waals surface area contributed by atoms with Crippen LogP contribution in [0, 0.1) is 11.7 Å². The van der Waals surface area contributed by atoms with Crippen LogP contribution < -0.4 is 5.32 Å². The van der Waals surface area contributed by atoms with Crippen molar-refractivity contribution in [1.29, 1.82) is 0 Å². The van der Waals surface area contributed by atoms with E-state index in [1.807, 2.05) is 0 Å². The van der Waals surface area contributed by atoms with E-state index >= 15 is 0 Å². The fourth-order valence-corrected chi connectivity index (χ4v) is 2.41. The van der Waals surface area contributed by atoms with E-state index in [1.165, 1.54) is 11.0 Å². The monoisotopic (exact) mass is 364 g/mol. The number of nitrogens with zero attached hydrogens (tertiary/aromatic N) is 1. The molecule has 1 atom stereocenters. The van der Waals surface area contributed by atoms with Crippen molar-refractivity contribution in [2.24, 2.45) is 5.92 Å². The van der Waals surface area contributed by atoms with Gasteiger partial charge in [0.25, 0.3) is 0 Å². The van der Waals surface area contributed by atoms with Gasteiger partial charge in [0.2, 0.25) is 0 Å². The molecule has 1 heterocycles. The zero-order valence-electron chi connectivity index (χ0n) is 10.2. The Labute approximate surface area is 127 Å². The predicted molar refractivity (Wildman–Crippen MR) is 75.4 cm³/mol. The Balaban J connectivity index is 2.04. The smallest absolute Gasteiger partial charge is 0.321 e. The molecule has 1 aromatic carbocycles. The molecule has 5 nitrogen and oxygen atoms in total. The van der Waals surface area contributed by atoms with Crippen molar-refractivity contribution < 1.29 is 19.1 Å². The van der Waals surface area contributed by atoms with Crippen molar-refractivity contribution in [1.82, 2.24) is 4.90 Å². The first-order chi connectivity index (χ1) is 9.38. The van der Waals surface area contributed by atoms with Crippen molar-refractivity contribution >= 4 is 45.2 Å². The van der Waals surface area contributed by atoms with Crippen LogP contribution in [0.15, 0.2) is 16.6 Å². The van der Waals surface area contributed by atoms with Crippen molar-refractivity contribution in [2.45, 2.75) is 6.42 Å². The van der Waals surface area contributed by atoms with Gasteiger partial charge in [-0.1, -0.05) is 11.6 Å². The Bertz CT molecular complexity index is 547. The number of carbonyl (C=O) groups is 2. The fourth-order valence-electron chi connectivity index (χ4n) is 1.98. The first kappa shape index (κ1) is 15.1. The molecule has 1 saturated heterocycles. The summed E-state index contributed by atoms with van der Waals surface area (Å²) in [6, 6.07) is 2.09. The second-order valence-electron chi connectivity index (χ2n) is 4.45. The van der Waals surface area contributed by atoms with E-state index in [4.69, 9.17) is 16.7 Å². The molecule has 1 aliphatic heterocycles. The van der Waals surface area contributed by atoms with Crippen molar-refractivity contribution in [3.63, 3.8) is 0 Å². The highest BCUT2D eigenvalue weighted by atomic mass is 79.9. The second-order valence-corrected chi connectivity index (χ2v) is 5.65. The second kappa shape index (κ2) is 5.97. The van der Waals surface area contributed by atoms with Crippen LogP contribution in [0.2, 0.25) is 5.02 Å². The average Bonchev–Trinajstić information content (AvgIpc) is 2.85. The summed E-state index contributed by atoms with van der Waals surface area (Å²) in [6.45, 7) is 0.503. The van der Waals surface area contributed by atoms with Crippen LogP contribution >= 0.6 is 27.5 Å². The van der Waals surface area contributed by atoms with Gasteiger partial charge in [0.15, 0.2) is 0 Å². The highest BCUT2D eigenvalue weighted by Gasteiger charge is 2.30. The van der Waals surface area contributed by atoms with Gasteiger partial charge in [-0.25, -0.2) is 9.18 Å². The maximum absolute atomic E-state index is 13.5. The third-order valence-corrected chi connectivity index (χ3v) is 4.39. The quantitative estimate of drug-likeness (QED) is 0.791. The van der Waals surface area contributed by atoms with Crippen LogP contribution in [0.25, 0.3) is 0 Å². The molecule has 1 aliphatic rings. The van der Waals surface area contributed by atoms with E-state index in [9.17, 15) is 14.0 Å². The Morgan fingerprint density at radius 3 is 2.75 bits per heavy atom. The molecule has 1 aromatic rings.